The average Bonchev–Trinajstić information content (AvgIpc) is 3.31. The molecule has 3 aromatic heterocycles. The van der Waals surface area contributed by atoms with Crippen LogP contribution in [0.4, 0.5) is 16.8 Å². The summed E-state index contributed by atoms with van der Waals surface area (Å²) in [5.74, 6) is 0.568. The zero-order valence-corrected chi connectivity index (χ0v) is 17.7. The van der Waals surface area contributed by atoms with Crippen molar-refractivity contribution < 1.29 is 4.92 Å². The number of rotatable bonds is 7. The highest BCUT2D eigenvalue weighted by Gasteiger charge is 2.18. The van der Waals surface area contributed by atoms with Crippen LogP contribution in [0.5, 0.6) is 0 Å². The maximum Gasteiger partial charge on any atom is 0.367 e. The highest BCUT2D eigenvalue weighted by molar-refractivity contribution is 7.15. The number of aromatic nitrogens is 4. The van der Waals surface area contributed by atoms with E-state index in [0.717, 1.165) is 22.5 Å². The van der Waals surface area contributed by atoms with Gasteiger partial charge in [0.25, 0.3) is 0 Å². The Balaban J connectivity index is 1.50. The van der Waals surface area contributed by atoms with E-state index in [-0.39, 0.29) is 10.8 Å². The number of nitrogens with one attached hydrogen (secondary N) is 1. The number of anilines is 2. The number of nitrogen functional groups attached to an aromatic ring is 1. The van der Waals surface area contributed by atoms with Gasteiger partial charge in [-0.15, -0.1) is 0 Å². The molecule has 4 aromatic rings. The second kappa shape index (κ2) is 8.42. The van der Waals surface area contributed by atoms with Crippen LogP contribution in [0, 0.1) is 10.1 Å². The quantitative estimate of drug-likeness (QED) is 0.231. The zero-order chi connectivity index (χ0) is 21.3. The third-order valence-electron chi connectivity index (χ3n) is 4.29. The zero-order valence-electron chi connectivity index (χ0n) is 15.4. The van der Waals surface area contributed by atoms with Gasteiger partial charge in [0.1, 0.15) is 10.7 Å². The van der Waals surface area contributed by atoms with Crippen molar-refractivity contribution in [2.75, 3.05) is 17.6 Å². The van der Waals surface area contributed by atoms with Crippen molar-refractivity contribution in [2.24, 2.45) is 0 Å². The fourth-order valence-electron chi connectivity index (χ4n) is 2.93. The van der Waals surface area contributed by atoms with E-state index in [1.807, 2.05) is 22.7 Å². The maximum atomic E-state index is 10.9. The first-order chi connectivity index (χ1) is 14.4. The summed E-state index contributed by atoms with van der Waals surface area (Å²) in [5.41, 5.74) is 7.72. The Kier molecular flexibility index (Phi) is 5.71. The number of thiazole rings is 1. The van der Waals surface area contributed by atoms with Crippen molar-refractivity contribution >= 4 is 57.0 Å². The lowest BCUT2D eigenvalue weighted by molar-refractivity contribution is -0.379. The number of fused-ring (bicyclic) bond motifs is 1. The molecule has 30 heavy (non-hydrogen) atoms. The van der Waals surface area contributed by atoms with E-state index in [9.17, 15) is 10.1 Å². The van der Waals surface area contributed by atoms with Gasteiger partial charge >= 0.3 is 5.00 Å². The molecular formula is C18H15Cl2N7O2S. The molecule has 1 aromatic carbocycles. The van der Waals surface area contributed by atoms with Gasteiger partial charge in [0.2, 0.25) is 11.8 Å². The van der Waals surface area contributed by atoms with Crippen molar-refractivity contribution in [3.8, 4) is 11.3 Å². The number of halogens is 2. The van der Waals surface area contributed by atoms with Crippen molar-refractivity contribution in [1.82, 2.24) is 19.4 Å². The molecule has 3 N–H and O–H groups in total. The van der Waals surface area contributed by atoms with Crippen molar-refractivity contribution in [2.45, 2.75) is 12.8 Å². The smallest absolute Gasteiger partial charge is 0.367 e. The van der Waals surface area contributed by atoms with E-state index in [1.54, 1.807) is 18.3 Å². The second-order valence-corrected chi connectivity index (χ2v) is 8.24. The Morgan fingerprint density at radius 3 is 2.83 bits per heavy atom. The van der Waals surface area contributed by atoms with Crippen LogP contribution in [0.2, 0.25) is 10.0 Å². The Labute approximate surface area is 184 Å². The number of imidazole rings is 1. The number of hydrogen-bond acceptors (Lipinski definition) is 8. The molecule has 0 amide bonds. The first-order valence-corrected chi connectivity index (χ1v) is 10.4. The van der Waals surface area contributed by atoms with E-state index in [0.29, 0.717) is 46.1 Å². The summed E-state index contributed by atoms with van der Waals surface area (Å²) >= 11 is 13.3. The molecule has 0 atom stereocenters. The molecule has 9 nitrogen and oxygen atoms in total. The van der Waals surface area contributed by atoms with Gasteiger partial charge in [-0.25, -0.2) is 15.0 Å². The van der Waals surface area contributed by atoms with Gasteiger partial charge in [-0.05, 0) is 36.0 Å². The number of hydrogen-bond donors (Lipinski definition) is 2. The Hall–Kier alpha value is -2.95. The average molecular weight is 464 g/mol. The standard InChI is InChI=1S/C18H15Cl2N7O2S/c19-10-3-4-11(12(20)8-10)13-9-14-22-6-7-26(14)18(24-13)23-5-1-2-15-25-16(21)17(30-15)27(28)29/h3-4,6-9H,1-2,5,21H2,(H,23,24). The van der Waals surface area contributed by atoms with Crippen LogP contribution < -0.4 is 11.1 Å². The fraction of sp³-hybridized carbons (Fsp3) is 0.167. The fourth-order valence-corrected chi connectivity index (χ4v) is 4.27. The minimum absolute atomic E-state index is 0.0395. The topological polar surface area (TPSA) is 124 Å². The number of benzene rings is 1. The number of nitro groups is 1. The minimum Gasteiger partial charge on any atom is -0.377 e. The van der Waals surface area contributed by atoms with Crippen LogP contribution in [0.25, 0.3) is 16.9 Å². The lowest BCUT2D eigenvalue weighted by atomic mass is 10.1. The summed E-state index contributed by atoms with van der Waals surface area (Å²) < 4.78 is 1.83. The molecule has 0 bridgehead atoms. The highest BCUT2D eigenvalue weighted by Crippen LogP contribution is 2.31. The van der Waals surface area contributed by atoms with Crippen LogP contribution in [-0.4, -0.2) is 30.8 Å². The van der Waals surface area contributed by atoms with Crippen molar-refractivity contribution in [1.29, 1.82) is 0 Å². The first kappa shape index (κ1) is 20.3. The van der Waals surface area contributed by atoms with E-state index < -0.39 is 4.92 Å². The van der Waals surface area contributed by atoms with Gasteiger partial charge in [0.05, 0.1) is 15.6 Å². The molecule has 4 rings (SSSR count). The molecule has 0 aliphatic rings. The Bertz CT molecular complexity index is 1240. The normalized spacial score (nSPS) is 11.1. The molecule has 12 heteroatoms. The van der Waals surface area contributed by atoms with Gasteiger partial charge in [0, 0.05) is 42.0 Å². The molecule has 0 radical (unpaired) electrons. The molecule has 0 aliphatic carbocycles. The third-order valence-corrected chi connectivity index (χ3v) is 5.92. The maximum absolute atomic E-state index is 10.9. The summed E-state index contributed by atoms with van der Waals surface area (Å²) in [6.07, 6.45) is 4.75. The molecular weight excluding hydrogens is 449 g/mol. The Morgan fingerprint density at radius 2 is 2.10 bits per heavy atom. The third kappa shape index (κ3) is 4.16. The predicted octanol–water partition coefficient (Wildman–Crippen LogP) is 4.69. The Morgan fingerprint density at radius 1 is 1.27 bits per heavy atom. The van der Waals surface area contributed by atoms with E-state index in [4.69, 9.17) is 28.9 Å². The lowest BCUT2D eigenvalue weighted by Crippen LogP contribution is -2.09. The van der Waals surface area contributed by atoms with Crippen LogP contribution in [0.1, 0.15) is 11.4 Å². The number of nitrogens with two attached hydrogens (primary N) is 1. The first-order valence-electron chi connectivity index (χ1n) is 8.85. The highest BCUT2D eigenvalue weighted by atomic mass is 35.5. The molecule has 0 unspecified atom stereocenters. The molecule has 0 fully saturated rings. The summed E-state index contributed by atoms with van der Waals surface area (Å²) in [5, 5.41) is 15.7. The largest absolute Gasteiger partial charge is 0.377 e. The predicted molar refractivity (Wildman–Crippen MR) is 118 cm³/mol. The van der Waals surface area contributed by atoms with Gasteiger partial charge < -0.3 is 11.1 Å². The van der Waals surface area contributed by atoms with Crippen molar-refractivity contribution in [3.05, 3.63) is 61.8 Å². The molecule has 3 heterocycles. The summed E-state index contributed by atoms with van der Waals surface area (Å²) in [4.78, 5) is 23.5. The number of aryl methyl sites for hydroxylation is 1. The number of nitrogens with zero attached hydrogens (tertiary/aromatic N) is 5. The summed E-state index contributed by atoms with van der Waals surface area (Å²) in [7, 11) is 0. The van der Waals surface area contributed by atoms with Crippen LogP contribution in [0.15, 0.2) is 36.7 Å². The van der Waals surface area contributed by atoms with Gasteiger partial charge in [-0.2, -0.15) is 0 Å². The molecule has 0 aliphatic heterocycles. The van der Waals surface area contributed by atoms with Gasteiger partial charge in [-0.3, -0.25) is 14.5 Å². The molecule has 154 valence electrons. The van der Waals surface area contributed by atoms with Gasteiger partial charge in [-0.1, -0.05) is 23.2 Å². The van der Waals surface area contributed by atoms with Crippen LogP contribution in [-0.2, 0) is 6.42 Å². The molecule has 0 spiro atoms. The van der Waals surface area contributed by atoms with Crippen LogP contribution in [0.3, 0.4) is 0 Å². The molecule has 0 saturated carbocycles. The second-order valence-electron chi connectivity index (χ2n) is 6.33. The SMILES string of the molecule is Nc1nc(CCCNc2nc(-c3ccc(Cl)cc3Cl)cc3nccn23)sc1[N+](=O)[O-]. The lowest BCUT2D eigenvalue weighted by Gasteiger charge is -2.11. The van der Waals surface area contributed by atoms with E-state index in [2.05, 4.69) is 20.3 Å². The summed E-state index contributed by atoms with van der Waals surface area (Å²) in [6, 6.07) is 7.09. The van der Waals surface area contributed by atoms with E-state index in [1.165, 1.54) is 0 Å². The van der Waals surface area contributed by atoms with Crippen molar-refractivity contribution in [3.63, 3.8) is 0 Å². The minimum atomic E-state index is -0.512. The molecule has 0 saturated heterocycles. The van der Waals surface area contributed by atoms with Crippen LogP contribution >= 0.6 is 34.5 Å². The van der Waals surface area contributed by atoms with Gasteiger partial charge in [0.15, 0.2) is 0 Å². The van der Waals surface area contributed by atoms with E-state index >= 15 is 0 Å². The monoisotopic (exact) mass is 463 g/mol. The summed E-state index contributed by atoms with van der Waals surface area (Å²) in [6.45, 7) is 0.575.